The molecule has 0 saturated heterocycles. The van der Waals surface area contributed by atoms with Crippen molar-refractivity contribution in [3.63, 3.8) is 0 Å². The van der Waals surface area contributed by atoms with Crippen molar-refractivity contribution in [1.82, 2.24) is 5.32 Å². The SMILES string of the molecule is Oc1ccc2c(c1)CCC2NC1CCCc2ccccc21. The van der Waals surface area contributed by atoms with Crippen LogP contribution in [0.3, 0.4) is 0 Å². The van der Waals surface area contributed by atoms with E-state index in [0.29, 0.717) is 17.8 Å². The number of hydrogen-bond acceptors (Lipinski definition) is 2. The molecule has 2 unspecified atom stereocenters. The fourth-order valence-corrected chi connectivity index (χ4v) is 3.95. The van der Waals surface area contributed by atoms with Crippen LogP contribution in [0.4, 0.5) is 0 Å². The lowest BCUT2D eigenvalue weighted by Gasteiger charge is -2.29. The Morgan fingerprint density at radius 1 is 0.857 bits per heavy atom. The Morgan fingerprint density at radius 3 is 2.62 bits per heavy atom. The predicted octanol–water partition coefficient (Wildman–Crippen LogP) is 4.05. The van der Waals surface area contributed by atoms with Crippen molar-refractivity contribution in [2.24, 2.45) is 0 Å². The number of aromatic hydroxyl groups is 1. The van der Waals surface area contributed by atoms with Gasteiger partial charge in [0, 0.05) is 12.1 Å². The summed E-state index contributed by atoms with van der Waals surface area (Å²) in [6.07, 6.45) is 5.90. The van der Waals surface area contributed by atoms with Crippen molar-refractivity contribution < 1.29 is 5.11 Å². The van der Waals surface area contributed by atoms with Gasteiger partial charge >= 0.3 is 0 Å². The Balaban J connectivity index is 1.59. The van der Waals surface area contributed by atoms with Crippen molar-refractivity contribution in [2.75, 3.05) is 0 Å². The zero-order valence-electron chi connectivity index (χ0n) is 12.2. The number of nitrogens with one attached hydrogen (secondary N) is 1. The topological polar surface area (TPSA) is 32.3 Å². The predicted molar refractivity (Wildman–Crippen MR) is 84.4 cm³/mol. The summed E-state index contributed by atoms with van der Waals surface area (Å²) in [7, 11) is 0. The van der Waals surface area contributed by atoms with Gasteiger partial charge in [-0.3, -0.25) is 0 Å². The van der Waals surface area contributed by atoms with Crippen LogP contribution in [0, 0.1) is 0 Å². The van der Waals surface area contributed by atoms with Gasteiger partial charge in [-0.05, 0) is 66.5 Å². The van der Waals surface area contributed by atoms with Crippen LogP contribution in [0.5, 0.6) is 5.75 Å². The van der Waals surface area contributed by atoms with Crippen molar-refractivity contribution >= 4 is 0 Å². The van der Waals surface area contributed by atoms with Crippen LogP contribution in [0.2, 0.25) is 0 Å². The van der Waals surface area contributed by atoms with E-state index < -0.39 is 0 Å². The van der Waals surface area contributed by atoms with Gasteiger partial charge in [-0.2, -0.15) is 0 Å². The molecule has 0 heterocycles. The first-order valence-electron chi connectivity index (χ1n) is 7.97. The molecule has 0 aromatic heterocycles. The molecule has 2 heteroatoms. The molecule has 2 N–H and O–H groups in total. The molecule has 2 nitrogen and oxygen atoms in total. The average molecular weight is 279 g/mol. The van der Waals surface area contributed by atoms with E-state index in [9.17, 15) is 5.11 Å². The van der Waals surface area contributed by atoms with Gasteiger partial charge in [-0.25, -0.2) is 0 Å². The number of rotatable bonds is 2. The van der Waals surface area contributed by atoms with Crippen molar-refractivity contribution in [3.8, 4) is 5.75 Å². The molecular weight excluding hydrogens is 258 g/mol. The molecule has 0 spiro atoms. The van der Waals surface area contributed by atoms with E-state index in [1.54, 1.807) is 0 Å². The third-order valence-electron chi connectivity index (χ3n) is 4.98. The molecule has 2 aliphatic rings. The monoisotopic (exact) mass is 279 g/mol. The molecule has 0 radical (unpaired) electrons. The molecule has 2 aliphatic carbocycles. The second-order valence-electron chi connectivity index (χ2n) is 6.28. The summed E-state index contributed by atoms with van der Waals surface area (Å²) in [5.74, 6) is 0.386. The number of hydrogen-bond donors (Lipinski definition) is 2. The van der Waals surface area contributed by atoms with E-state index in [1.807, 2.05) is 12.1 Å². The molecule has 2 aromatic carbocycles. The minimum absolute atomic E-state index is 0.386. The summed E-state index contributed by atoms with van der Waals surface area (Å²) in [5.41, 5.74) is 5.66. The Labute approximate surface area is 125 Å². The first kappa shape index (κ1) is 12.9. The number of aryl methyl sites for hydroxylation is 2. The quantitative estimate of drug-likeness (QED) is 0.869. The molecule has 0 bridgehead atoms. The Kier molecular flexibility index (Phi) is 3.19. The Bertz CT molecular complexity index is 664. The standard InChI is InChI=1S/C19H21NO/c21-15-9-10-17-14(12-15)8-11-19(17)20-18-7-3-5-13-4-1-2-6-16(13)18/h1-2,4,6,9-10,12,18-21H,3,5,7-8,11H2. The van der Waals surface area contributed by atoms with E-state index >= 15 is 0 Å². The largest absolute Gasteiger partial charge is 0.508 e. The lowest BCUT2D eigenvalue weighted by molar-refractivity contribution is 0.398. The smallest absolute Gasteiger partial charge is 0.115 e. The maximum atomic E-state index is 9.61. The summed E-state index contributed by atoms with van der Waals surface area (Å²) in [6.45, 7) is 0. The van der Waals surface area contributed by atoms with Crippen LogP contribution in [-0.2, 0) is 12.8 Å². The summed E-state index contributed by atoms with van der Waals surface area (Å²) in [6, 6.07) is 15.6. The van der Waals surface area contributed by atoms with E-state index in [1.165, 1.54) is 41.5 Å². The summed E-state index contributed by atoms with van der Waals surface area (Å²) >= 11 is 0. The number of phenols is 1. The van der Waals surface area contributed by atoms with Crippen LogP contribution in [0.15, 0.2) is 42.5 Å². The first-order chi connectivity index (χ1) is 10.3. The van der Waals surface area contributed by atoms with Gasteiger partial charge in [-0.15, -0.1) is 0 Å². The maximum Gasteiger partial charge on any atom is 0.115 e. The number of benzene rings is 2. The van der Waals surface area contributed by atoms with Crippen LogP contribution in [-0.4, -0.2) is 5.11 Å². The van der Waals surface area contributed by atoms with Crippen LogP contribution in [0.1, 0.15) is 53.6 Å². The van der Waals surface area contributed by atoms with Gasteiger partial charge in [0.25, 0.3) is 0 Å². The third-order valence-corrected chi connectivity index (χ3v) is 4.98. The van der Waals surface area contributed by atoms with Gasteiger partial charge in [-0.1, -0.05) is 30.3 Å². The van der Waals surface area contributed by atoms with Gasteiger partial charge in [0.2, 0.25) is 0 Å². The van der Waals surface area contributed by atoms with Crippen molar-refractivity contribution in [3.05, 3.63) is 64.7 Å². The van der Waals surface area contributed by atoms with Gasteiger partial charge < -0.3 is 10.4 Å². The molecule has 2 aromatic rings. The Hall–Kier alpha value is -1.80. The first-order valence-corrected chi connectivity index (χ1v) is 7.97. The second kappa shape index (κ2) is 5.19. The molecule has 4 rings (SSSR count). The minimum atomic E-state index is 0.386. The van der Waals surface area contributed by atoms with Crippen LogP contribution in [0.25, 0.3) is 0 Å². The van der Waals surface area contributed by atoms with E-state index in [0.717, 1.165) is 12.8 Å². The van der Waals surface area contributed by atoms with E-state index in [-0.39, 0.29) is 0 Å². The zero-order valence-corrected chi connectivity index (χ0v) is 12.2. The number of phenolic OH excluding ortho intramolecular Hbond substituents is 1. The van der Waals surface area contributed by atoms with E-state index in [2.05, 4.69) is 35.6 Å². The average Bonchev–Trinajstić information content (AvgIpc) is 2.90. The molecule has 108 valence electrons. The lowest BCUT2D eigenvalue weighted by Crippen LogP contribution is -2.28. The molecule has 21 heavy (non-hydrogen) atoms. The normalized spacial score (nSPS) is 23.6. The summed E-state index contributed by atoms with van der Waals surface area (Å²) < 4.78 is 0. The highest BCUT2D eigenvalue weighted by atomic mass is 16.3. The lowest BCUT2D eigenvalue weighted by atomic mass is 9.87. The minimum Gasteiger partial charge on any atom is -0.508 e. The van der Waals surface area contributed by atoms with Crippen molar-refractivity contribution in [1.29, 1.82) is 0 Å². The molecule has 2 atom stereocenters. The summed E-state index contributed by atoms with van der Waals surface area (Å²) in [4.78, 5) is 0. The van der Waals surface area contributed by atoms with Crippen LogP contribution >= 0.6 is 0 Å². The molecular formula is C19H21NO. The van der Waals surface area contributed by atoms with E-state index in [4.69, 9.17) is 0 Å². The molecule has 0 amide bonds. The second-order valence-corrected chi connectivity index (χ2v) is 6.28. The highest BCUT2D eigenvalue weighted by Crippen LogP contribution is 2.37. The van der Waals surface area contributed by atoms with Gasteiger partial charge in [0.05, 0.1) is 0 Å². The fourth-order valence-electron chi connectivity index (χ4n) is 3.95. The van der Waals surface area contributed by atoms with Gasteiger partial charge in [0.1, 0.15) is 5.75 Å². The van der Waals surface area contributed by atoms with Crippen LogP contribution < -0.4 is 5.32 Å². The fraction of sp³-hybridized carbons (Fsp3) is 0.368. The summed E-state index contributed by atoms with van der Waals surface area (Å²) in [5, 5.41) is 13.5. The number of fused-ring (bicyclic) bond motifs is 2. The molecule has 0 saturated carbocycles. The zero-order chi connectivity index (χ0) is 14.2. The third kappa shape index (κ3) is 2.34. The highest BCUT2D eigenvalue weighted by Gasteiger charge is 2.27. The van der Waals surface area contributed by atoms with Crippen molar-refractivity contribution in [2.45, 2.75) is 44.2 Å². The Morgan fingerprint density at radius 2 is 1.67 bits per heavy atom. The molecule has 0 fully saturated rings. The highest BCUT2D eigenvalue weighted by molar-refractivity contribution is 5.40. The molecule has 0 aliphatic heterocycles. The maximum absolute atomic E-state index is 9.61. The van der Waals surface area contributed by atoms with Gasteiger partial charge in [0.15, 0.2) is 0 Å².